The molecule has 1 aromatic heterocycles. The first-order chi connectivity index (χ1) is 7.88. The van der Waals surface area contributed by atoms with Gasteiger partial charge in [-0.15, -0.1) is 0 Å². The minimum absolute atomic E-state index is 0.0535. The summed E-state index contributed by atoms with van der Waals surface area (Å²) in [6.07, 6.45) is 3.44. The van der Waals surface area contributed by atoms with Crippen molar-refractivity contribution in [3.05, 3.63) is 42.2 Å². The summed E-state index contributed by atoms with van der Waals surface area (Å²) in [7, 11) is 0. The van der Waals surface area contributed by atoms with Crippen molar-refractivity contribution >= 4 is 5.69 Å². The molecule has 4 heteroatoms. The molecule has 2 aromatic rings. The maximum atomic E-state index is 13.7. The van der Waals surface area contributed by atoms with Crippen LogP contribution >= 0.6 is 0 Å². The predicted octanol–water partition coefficient (Wildman–Crippen LogP) is 2.89. The van der Waals surface area contributed by atoms with E-state index in [4.69, 9.17) is 5.73 Å². The first-order valence-electron chi connectivity index (χ1n) is 5.48. The van der Waals surface area contributed by atoms with Crippen molar-refractivity contribution in [2.24, 2.45) is 0 Å². The van der Waals surface area contributed by atoms with Gasteiger partial charge in [-0.05, 0) is 18.2 Å². The number of aromatic nitrogens is 2. The van der Waals surface area contributed by atoms with Gasteiger partial charge in [0, 0.05) is 17.3 Å². The lowest BCUT2D eigenvalue weighted by Gasteiger charge is -2.14. The highest BCUT2D eigenvalue weighted by molar-refractivity contribution is 5.48. The second kappa shape index (κ2) is 3.87. The van der Waals surface area contributed by atoms with Crippen LogP contribution in [-0.4, -0.2) is 9.55 Å². The highest BCUT2D eigenvalue weighted by Crippen LogP contribution is 2.23. The number of halogens is 1. The number of nitrogens with two attached hydrogens (primary N) is 1. The van der Waals surface area contributed by atoms with E-state index in [0.29, 0.717) is 11.4 Å². The molecule has 0 radical (unpaired) electrons. The molecule has 0 unspecified atom stereocenters. The molecule has 0 atom stereocenters. The van der Waals surface area contributed by atoms with E-state index < -0.39 is 0 Å². The van der Waals surface area contributed by atoms with Gasteiger partial charge in [0.1, 0.15) is 5.82 Å². The molecule has 0 aliphatic heterocycles. The van der Waals surface area contributed by atoms with Crippen LogP contribution in [0.4, 0.5) is 10.1 Å². The molecule has 90 valence electrons. The summed E-state index contributed by atoms with van der Waals surface area (Å²) in [5, 5.41) is 0. The summed E-state index contributed by atoms with van der Waals surface area (Å²) in [6.45, 7) is 6.19. The number of imidazole rings is 1. The van der Waals surface area contributed by atoms with E-state index in [1.807, 2.05) is 6.20 Å². The Morgan fingerprint density at radius 2 is 2.00 bits per heavy atom. The molecule has 17 heavy (non-hydrogen) atoms. The van der Waals surface area contributed by atoms with Gasteiger partial charge < -0.3 is 10.3 Å². The van der Waals surface area contributed by atoms with Gasteiger partial charge in [-0.2, -0.15) is 0 Å². The van der Waals surface area contributed by atoms with Crippen molar-refractivity contribution in [2.75, 3.05) is 5.73 Å². The lowest BCUT2D eigenvalue weighted by Crippen LogP contribution is -2.11. The molecule has 1 aromatic carbocycles. The fourth-order valence-electron chi connectivity index (χ4n) is 1.57. The molecule has 0 saturated carbocycles. The minimum Gasteiger partial charge on any atom is -0.399 e. The zero-order chi connectivity index (χ0) is 12.6. The summed E-state index contributed by atoms with van der Waals surface area (Å²) in [4.78, 5) is 4.29. The topological polar surface area (TPSA) is 43.8 Å². The maximum absolute atomic E-state index is 13.7. The van der Waals surface area contributed by atoms with Crippen LogP contribution in [0, 0.1) is 5.82 Å². The third-order valence-electron chi connectivity index (χ3n) is 2.60. The summed E-state index contributed by atoms with van der Waals surface area (Å²) in [6, 6.07) is 4.51. The Morgan fingerprint density at radius 3 is 2.59 bits per heavy atom. The Kier molecular flexibility index (Phi) is 2.65. The monoisotopic (exact) mass is 233 g/mol. The molecule has 0 aliphatic carbocycles. The first kappa shape index (κ1) is 11.6. The van der Waals surface area contributed by atoms with Gasteiger partial charge in [0.25, 0.3) is 0 Å². The van der Waals surface area contributed by atoms with Crippen molar-refractivity contribution < 1.29 is 4.39 Å². The second-order valence-corrected chi connectivity index (χ2v) is 5.13. The molecule has 1 heterocycles. The van der Waals surface area contributed by atoms with Gasteiger partial charge in [0.15, 0.2) is 0 Å². The van der Waals surface area contributed by atoms with Crippen LogP contribution in [0.3, 0.4) is 0 Å². The zero-order valence-corrected chi connectivity index (χ0v) is 10.2. The summed E-state index contributed by atoms with van der Waals surface area (Å²) in [5.41, 5.74) is 7.48. The largest absolute Gasteiger partial charge is 0.399 e. The van der Waals surface area contributed by atoms with Crippen molar-refractivity contribution in [3.63, 3.8) is 0 Å². The highest BCUT2D eigenvalue weighted by Gasteiger charge is 2.17. The van der Waals surface area contributed by atoms with E-state index in [1.165, 1.54) is 6.07 Å². The van der Waals surface area contributed by atoms with Crippen LogP contribution in [-0.2, 0) is 5.41 Å². The molecule has 2 rings (SSSR count). The molecule has 0 saturated heterocycles. The second-order valence-electron chi connectivity index (χ2n) is 5.13. The Bertz CT molecular complexity index is 538. The minimum atomic E-state index is -0.308. The molecule has 0 bridgehead atoms. The Balaban J connectivity index is 2.47. The third-order valence-corrected chi connectivity index (χ3v) is 2.60. The van der Waals surface area contributed by atoms with E-state index in [-0.39, 0.29) is 11.2 Å². The zero-order valence-electron chi connectivity index (χ0n) is 10.2. The molecule has 0 aliphatic rings. The maximum Gasteiger partial charge on any atom is 0.147 e. The van der Waals surface area contributed by atoms with E-state index in [9.17, 15) is 4.39 Å². The van der Waals surface area contributed by atoms with Crippen molar-refractivity contribution in [1.82, 2.24) is 9.55 Å². The van der Waals surface area contributed by atoms with Gasteiger partial charge in [-0.25, -0.2) is 9.37 Å². The third kappa shape index (κ3) is 2.30. The SMILES string of the molecule is CC(C)(C)c1cn(-c2cc(N)ccc2F)cn1. The summed E-state index contributed by atoms with van der Waals surface area (Å²) in [5.74, 6) is -0.308. The van der Waals surface area contributed by atoms with Gasteiger partial charge in [0.05, 0.1) is 17.7 Å². The number of hydrogen-bond donors (Lipinski definition) is 1. The van der Waals surface area contributed by atoms with Gasteiger partial charge in [-0.3, -0.25) is 0 Å². The normalized spacial score (nSPS) is 11.8. The Labute approximate surface area is 100 Å². The lowest BCUT2D eigenvalue weighted by molar-refractivity contribution is 0.571. The first-order valence-corrected chi connectivity index (χ1v) is 5.48. The molecule has 0 fully saturated rings. The lowest BCUT2D eigenvalue weighted by atomic mass is 9.93. The molecule has 0 spiro atoms. The number of hydrogen-bond acceptors (Lipinski definition) is 2. The van der Waals surface area contributed by atoms with Crippen LogP contribution < -0.4 is 5.73 Å². The molecule has 0 amide bonds. The van der Waals surface area contributed by atoms with Crippen LogP contribution in [0.25, 0.3) is 5.69 Å². The molecular formula is C13H16FN3. The quantitative estimate of drug-likeness (QED) is 0.770. The van der Waals surface area contributed by atoms with E-state index in [1.54, 1.807) is 23.0 Å². The number of anilines is 1. The number of benzene rings is 1. The van der Waals surface area contributed by atoms with Crippen molar-refractivity contribution in [3.8, 4) is 5.69 Å². The highest BCUT2D eigenvalue weighted by atomic mass is 19.1. The predicted molar refractivity (Wildman–Crippen MR) is 66.6 cm³/mol. The fourth-order valence-corrected chi connectivity index (χ4v) is 1.57. The number of nitrogens with zero attached hydrogens (tertiary/aromatic N) is 2. The van der Waals surface area contributed by atoms with Crippen LogP contribution in [0.1, 0.15) is 26.5 Å². The average molecular weight is 233 g/mol. The van der Waals surface area contributed by atoms with E-state index >= 15 is 0 Å². The van der Waals surface area contributed by atoms with E-state index in [0.717, 1.165) is 5.69 Å². The summed E-state index contributed by atoms with van der Waals surface area (Å²) >= 11 is 0. The van der Waals surface area contributed by atoms with E-state index in [2.05, 4.69) is 25.8 Å². The van der Waals surface area contributed by atoms with Crippen molar-refractivity contribution in [1.29, 1.82) is 0 Å². The number of rotatable bonds is 1. The Morgan fingerprint density at radius 1 is 1.29 bits per heavy atom. The number of nitrogen functional groups attached to an aromatic ring is 1. The average Bonchev–Trinajstić information content (AvgIpc) is 2.70. The molecule has 3 nitrogen and oxygen atoms in total. The van der Waals surface area contributed by atoms with Crippen LogP contribution in [0.2, 0.25) is 0 Å². The van der Waals surface area contributed by atoms with Gasteiger partial charge in [0.2, 0.25) is 0 Å². The summed E-state index contributed by atoms with van der Waals surface area (Å²) < 4.78 is 15.3. The standard InChI is InChI=1S/C13H16FN3/c1-13(2,3)12-7-17(8-16-12)11-6-9(15)4-5-10(11)14/h4-8H,15H2,1-3H3. The molecular weight excluding hydrogens is 217 g/mol. The molecule has 2 N–H and O–H groups in total. The van der Waals surface area contributed by atoms with Gasteiger partial charge in [-0.1, -0.05) is 20.8 Å². The van der Waals surface area contributed by atoms with Crippen LogP contribution in [0.5, 0.6) is 0 Å². The van der Waals surface area contributed by atoms with Gasteiger partial charge >= 0.3 is 0 Å². The Hall–Kier alpha value is -1.84. The fraction of sp³-hybridized carbons (Fsp3) is 0.308. The van der Waals surface area contributed by atoms with Crippen LogP contribution in [0.15, 0.2) is 30.7 Å². The smallest absolute Gasteiger partial charge is 0.147 e. The van der Waals surface area contributed by atoms with Crippen molar-refractivity contribution in [2.45, 2.75) is 26.2 Å².